The van der Waals surface area contributed by atoms with Crippen LogP contribution in [0.2, 0.25) is 0 Å². The zero-order valence-electron chi connectivity index (χ0n) is 12.1. The van der Waals surface area contributed by atoms with Crippen molar-refractivity contribution in [1.29, 1.82) is 0 Å². The Morgan fingerprint density at radius 1 is 1.21 bits per heavy atom. The summed E-state index contributed by atoms with van der Waals surface area (Å²) in [5, 5.41) is 11.8. The smallest absolute Gasteiger partial charge is 0.326 e. The van der Waals surface area contributed by atoms with Crippen LogP contribution >= 0.6 is 0 Å². The highest BCUT2D eigenvalue weighted by Crippen LogP contribution is 2.20. The van der Waals surface area contributed by atoms with E-state index in [9.17, 15) is 14.7 Å². The maximum atomic E-state index is 12.2. The van der Waals surface area contributed by atoms with E-state index in [1.54, 1.807) is 32.9 Å². The molecule has 104 valence electrons. The zero-order valence-corrected chi connectivity index (χ0v) is 12.1. The molecule has 0 spiro atoms. The number of carbonyl (C=O) groups is 2. The SMILES string of the molecule is Cc1cccc(C(=O)NC(C(=O)O)C(C)(C)C)c1C. The van der Waals surface area contributed by atoms with Gasteiger partial charge in [0.15, 0.2) is 0 Å². The highest BCUT2D eigenvalue weighted by molar-refractivity contribution is 5.98. The topological polar surface area (TPSA) is 66.4 Å². The summed E-state index contributed by atoms with van der Waals surface area (Å²) in [6.07, 6.45) is 0. The van der Waals surface area contributed by atoms with Gasteiger partial charge in [-0.3, -0.25) is 4.79 Å². The third-order valence-electron chi connectivity index (χ3n) is 3.24. The van der Waals surface area contributed by atoms with Crippen LogP contribution in [-0.4, -0.2) is 23.0 Å². The first kappa shape index (κ1) is 15.2. The summed E-state index contributed by atoms with van der Waals surface area (Å²) in [4.78, 5) is 23.5. The van der Waals surface area contributed by atoms with E-state index < -0.39 is 17.4 Å². The van der Waals surface area contributed by atoms with Crippen molar-refractivity contribution in [2.45, 2.75) is 40.7 Å². The first-order chi connectivity index (χ1) is 8.64. The van der Waals surface area contributed by atoms with Crippen LogP contribution in [0.3, 0.4) is 0 Å². The number of carbonyl (C=O) groups excluding carboxylic acids is 1. The number of aliphatic carboxylic acids is 1. The summed E-state index contributed by atoms with van der Waals surface area (Å²) >= 11 is 0. The molecular weight excluding hydrogens is 242 g/mol. The van der Waals surface area contributed by atoms with Crippen LogP contribution in [0.25, 0.3) is 0 Å². The van der Waals surface area contributed by atoms with E-state index in [1.807, 2.05) is 19.9 Å². The van der Waals surface area contributed by atoms with E-state index in [2.05, 4.69) is 5.32 Å². The number of amides is 1. The van der Waals surface area contributed by atoms with Crippen LogP contribution < -0.4 is 5.32 Å². The third kappa shape index (κ3) is 3.56. The summed E-state index contributed by atoms with van der Waals surface area (Å²) < 4.78 is 0. The first-order valence-electron chi connectivity index (χ1n) is 6.24. The number of carboxylic acids is 1. The quantitative estimate of drug-likeness (QED) is 0.880. The summed E-state index contributed by atoms with van der Waals surface area (Å²) in [6.45, 7) is 9.14. The number of nitrogens with one attached hydrogen (secondary N) is 1. The van der Waals surface area contributed by atoms with Crippen molar-refractivity contribution in [1.82, 2.24) is 5.32 Å². The standard InChI is InChI=1S/C15H21NO3/c1-9-7-6-8-11(10(9)2)13(17)16-12(14(18)19)15(3,4)5/h6-8,12H,1-5H3,(H,16,17)(H,18,19). The van der Waals surface area contributed by atoms with E-state index in [0.29, 0.717) is 5.56 Å². The molecule has 4 heteroatoms. The Labute approximate surface area is 113 Å². The van der Waals surface area contributed by atoms with Crippen molar-refractivity contribution in [2.75, 3.05) is 0 Å². The molecule has 0 radical (unpaired) electrons. The van der Waals surface area contributed by atoms with E-state index in [1.165, 1.54) is 0 Å². The van der Waals surface area contributed by atoms with Crippen LogP contribution in [0.1, 0.15) is 42.3 Å². The van der Waals surface area contributed by atoms with Gasteiger partial charge in [0, 0.05) is 5.56 Å². The third-order valence-corrected chi connectivity index (χ3v) is 3.24. The highest BCUT2D eigenvalue weighted by Gasteiger charge is 2.33. The van der Waals surface area contributed by atoms with E-state index >= 15 is 0 Å². The lowest BCUT2D eigenvalue weighted by atomic mass is 9.86. The van der Waals surface area contributed by atoms with Gasteiger partial charge in [-0.15, -0.1) is 0 Å². The van der Waals surface area contributed by atoms with Crippen molar-refractivity contribution in [3.63, 3.8) is 0 Å². The molecule has 19 heavy (non-hydrogen) atoms. The minimum Gasteiger partial charge on any atom is -0.480 e. The van der Waals surface area contributed by atoms with Gasteiger partial charge in [-0.2, -0.15) is 0 Å². The molecule has 1 aromatic rings. The second-order valence-electron chi connectivity index (χ2n) is 5.86. The molecule has 0 saturated carbocycles. The number of hydrogen-bond donors (Lipinski definition) is 2. The molecule has 2 N–H and O–H groups in total. The summed E-state index contributed by atoms with van der Waals surface area (Å²) in [5.41, 5.74) is 1.86. The fraction of sp³-hybridized carbons (Fsp3) is 0.467. The predicted octanol–water partition coefficient (Wildman–Crippen LogP) is 2.53. The fourth-order valence-corrected chi connectivity index (χ4v) is 1.85. The van der Waals surface area contributed by atoms with Gasteiger partial charge in [0.25, 0.3) is 5.91 Å². The Balaban J connectivity index is 3.02. The summed E-state index contributed by atoms with van der Waals surface area (Å²) in [7, 11) is 0. The number of rotatable bonds is 3. The molecule has 1 unspecified atom stereocenters. The molecule has 1 aromatic carbocycles. The number of carboxylic acid groups (broad SMARTS) is 1. The molecule has 0 aliphatic rings. The lowest BCUT2D eigenvalue weighted by Crippen LogP contribution is -2.49. The predicted molar refractivity (Wildman–Crippen MR) is 74.3 cm³/mol. The van der Waals surface area contributed by atoms with Crippen LogP contribution in [0.5, 0.6) is 0 Å². The Hall–Kier alpha value is -1.84. The normalized spacial score (nSPS) is 12.9. The van der Waals surface area contributed by atoms with Crippen LogP contribution in [-0.2, 0) is 4.79 Å². The lowest BCUT2D eigenvalue weighted by Gasteiger charge is -2.28. The molecule has 0 saturated heterocycles. The Morgan fingerprint density at radius 2 is 1.79 bits per heavy atom. The Kier molecular flexibility index (Phi) is 4.35. The molecular formula is C15H21NO3. The largest absolute Gasteiger partial charge is 0.480 e. The van der Waals surface area contributed by atoms with E-state index in [0.717, 1.165) is 11.1 Å². The minimum absolute atomic E-state index is 0.344. The Bertz CT molecular complexity index is 501. The average Bonchev–Trinajstić information content (AvgIpc) is 2.27. The monoisotopic (exact) mass is 263 g/mol. The summed E-state index contributed by atoms with van der Waals surface area (Å²) in [5.74, 6) is -1.37. The summed E-state index contributed by atoms with van der Waals surface area (Å²) in [6, 6.07) is 4.51. The highest BCUT2D eigenvalue weighted by atomic mass is 16.4. The molecule has 1 amide bonds. The fourth-order valence-electron chi connectivity index (χ4n) is 1.85. The van der Waals surface area contributed by atoms with Gasteiger partial charge in [-0.05, 0) is 36.5 Å². The molecule has 0 aliphatic heterocycles. The maximum Gasteiger partial charge on any atom is 0.326 e. The number of hydrogen-bond acceptors (Lipinski definition) is 2. The van der Waals surface area contributed by atoms with Crippen LogP contribution in [0, 0.1) is 19.3 Å². The number of benzene rings is 1. The van der Waals surface area contributed by atoms with Crippen molar-refractivity contribution >= 4 is 11.9 Å². The van der Waals surface area contributed by atoms with Gasteiger partial charge < -0.3 is 10.4 Å². The first-order valence-corrected chi connectivity index (χ1v) is 6.24. The van der Waals surface area contributed by atoms with Crippen molar-refractivity contribution in [3.05, 3.63) is 34.9 Å². The van der Waals surface area contributed by atoms with E-state index in [-0.39, 0.29) is 5.91 Å². The van der Waals surface area contributed by atoms with Gasteiger partial charge in [-0.1, -0.05) is 32.9 Å². The zero-order chi connectivity index (χ0) is 14.8. The average molecular weight is 263 g/mol. The van der Waals surface area contributed by atoms with Gasteiger partial charge in [-0.25, -0.2) is 4.79 Å². The molecule has 4 nitrogen and oxygen atoms in total. The van der Waals surface area contributed by atoms with Crippen LogP contribution in [0.4, 0.5) is 0 Å². The minimum atomic E-state index is -1.02. The molecule has 0 bridgehead atoms. The Morgan fingerprint density at radius 3 is 2.26 bits per heavy atom. The second-order valence-corrected chi connectivity index (χ2v) is 5.86. The number of aryl methyl sites for hydroxylation is 1. The van der Waals surface area contributed by atoms with Gasteiger partial charge >= 0.3 is 5.97 Å². The van der Waals surface area contributed by atoms with Crippen LogP contribution in [0.15, 0.2) is 18.2 Å². The van der Waals surface area contributed by atoms with Crippen molar-refractivity contribution in [2.24, 2.45) is 5.41 Å². The van der Waals surface area contributed by atoms with Gasteiger partial charge in [0.05, 0.1) is 0 Å². The van der Waals surface area contributed by atoms with Crippen molar-refractivity contribution < 1.29 is 14.7 Å². The molecule has 1 atom stereocenters. The van der Waals surface area contributed by atoms with E-state index in [4.69, 9.17) is 0 Å². The maximum absolute atomic E-state index is 12.2. The van der Waals surface area contributed by atoms with Crippen molar-refractivity contribution in [3.8, 4) is 0 Å². The lowest BCUT2D eigenvalue weighted by molar-refractivity contribution is -0.142. The molecule has 0 aromatic heterocycles. The molecule has 1 rings (SSSR count). The molecule has 0 fully saturated rings. The van der Waals surface area contributed by atoms with Gasteiger partial charge in [0.1, 0.15) is 6.04 Å². The molecule has 0 heterocycles. The molecule has 0 aliphatic carbocycles. The van der Waals surface area contributed by atoms with Gasteiger partial charge in [0.2, 0.25) is 0 Å². The second kappa shape index (κ2) is 5.43.